The molecule has 12 N–H and O–H groups in total. The molecule has 0 rings (SSSR count). The monoisotopic (exact) mass is 364 g/mol. The molecule has 0 aromatic rings. The van der Waals surface area contributed by atoms with Crippen LogP contribution in [0, 0.1) is 0 Å². The van der Waals surface area contributed by atoms with E-state index in [1.165, 1.54) is 0 Å². The van der Waals surface area contributed by atoms with Crippen LogP contribution in [0.3, 0.4) is 0 Å². The third kappa shape index (κ3) is 9.12. The largest absolute Gasteiger partial charge is 0.394 e. The summed E-state index contributed by atoms with van der Waals surface area (Å²) in [4.78, 5) is 0. The lowest BCUT2D eigenvalue weighted by Crippen LogP contribution is -2.46. The SMILES string of the molecule is OC[C@@H](O)[C@@H](O)[C@H](O)[C@H](O)CO.OC[C@@H](O)[C@H](O)[C@H](O)[C@@H](O)CO. The van der Waals surface area contributed by atoms with E-state index in [0.29, 0.717) is 0 Å². The fourth-order valence-electron chi connectivity index (χ4n) is 1.34. The van der Waals surface area contributed by atoms with Crippen molar-refractivity contribution < 1.29 is 61.3 Å². The minimum Gasteiger partial charge on any atom is -0.394 e. The van der Waals surface area contributed by atoms with Gasteiger partial charge in [-0.25, -0.2) is 0 Å². The van der Waals surface area contributed by atoms with Gasteiger partial charge in [-0.2, -0.15) is 0 Å². The van der Waals surface area contributed by atoms with Crippen LogP contribution in [0.25, 0.3) is 0 Å². The summed E-state index contributed by atoms with van der Waals surface area (Å²) in [7, 11) is 0. The molecule has 0 unspecified atom stereocenters. The molecule has 0 aromatic heterocycles. The van der Waals surface area contributed by atoms with Crippen molar-refractivity contribution in [1.82, 2.24) is 0 Å². The van der Waals surface area contributed by atoms with Gasteiger partial charge < -0.3 is 61.3 Å². The van der Waals surface area contributed by atoms with Crippen molar-refractivity contribution in [3.8, 4) is 0 Å². The normalized spacial score (nSPS) is 21.5. The quantitative estimate of drug-likeness (QED) is 0.173. The van der Waals surface area contributed by atoms with Gasteiger partial charge in [0.1, 0.15) is 48.8 Å². The molecular weight excluding hydrogens is 336 g/mol. The van der Waals surface area contributed by atoms with Crippen LogP contribution >= 0.6 is 0 Å². The molecule has 0 fully saturated rings. The Morgan fingerprint density at radius 2 is 0.458 bits per heavy atom. The van der Waals surface area contributed by atoms with Crippen molar-refractivity contribution in [3.05, 3.63) is 0 Å². The zero-order chi connectivity index (χ0) is 19.4. The topological polar surface area (TPSA) is 243 Å². The molecule has 0 saturated carbocycles. The van der Waals surface area contributed by atoms with Gasteiger partial charge in [0, 0.05) is 0 Å². The first-order chi connectivity index (χ1) is 11.1. The lowest BCUT2D eigenvalue weighted by molar-refractivity contribution is -0.123. The number of hydrogen-bond donors (Lipinski definition) is 12. The first-order valence-corrected chi connectivity index (χ1v) is 6.96. The molecule has 0 aliphatic heterocycles. The Kier molecular flexibility index (Phi) is 14.8. The Hall–Kier alpha value is -0.480. The maximum Gasteiger partial charge on any atom is 0.111 e. The van der Waals surface area contributed by atoms with E-state index in [1.54, 1.807) is 0 Å². The standard InChI is InChI=1S/2C6H14O6/c2*7-1-3(9)5(11)6(12)4(10)2-8/h2*3-12H,1-2H2/t3-,4+,5+,6-;3-,4-,5-,6-/m.1/s1. The van der Waals surface area contributed by atoms with Gasteiger partial charge in [0.25, 0.3) is 0 Å². The highest BCUT2D eigenvalue weighted by Gasteiger charge is 2.30. The minimum absolute atomic E-state index is 0.726. The summed E-state index contributed by atoms with van der Waals surface area (Å²) < 4.78 is 0. The molecule has 0 amide bonds. The second-order valence-corrected chi connectivity index (χ2v) is 4.96. The summed E-state index contributed by atoms with van der Waals surface area (Å²) in [6.45, 7) is -2.90. The molecule has 8 atom stereocenters. The van der Waals surface area contributed by atoms with Crippen LogP contribution in [0.5, 0.6) is 0 Å². The maximum absolute atomic E-state index is 8.96. The van der Waals surface area contributed by atoms with E-state index in [1.807, 2.05) is 0 Å². The Morgan fingerprint density at radius 1 is 0.333 bits per heavy atom. The highest BCUT2D eigenvalue weighted by Crippen LogP contribution is 2.04. The number of rotatable bonds is 10. The summed E-state index contributed by atoms with van der Waals surface area (Å²) in [6.07, 6.45) is -12.8. The second kappa shape index (κ2) is 13.8. The van der Waals surface area contributed by atoms with Crippen molar-refractivity contribution in [2.24, 2.45) is 0 Å². The summed E-state index contributed by atoms with van der Waals surface area (Å²) >= 11 is 0. The van der Waals surface area contributed by atoms with Crippen molar-refractivity contribution in [2.45, 2.75) is 48.8 Å². The highest BCUT2D eigenvalue weighted by atomic mass is 16.4. The fraction of sp³-hybridized carbons (Fsp3) is 1.00. The summed E-state index contributed by atoms with van der Waals surface area (Å²) in [6, 6.07) is 0. The molecule has 12 nitrogen and oxygen atoms in total. The van der Waals surface area contributed by atoms with E-state index >= 15 is 0 Å². The Balaban J connectivity index is 0. The van der Waals surface area contributed by atoms with Crippen LogP contribution in [0.4, 0.5) is 0 Å². The van der Waals surface area contributed by atoms with Gasteiger partial charge in [0.15, 0.2) is 0 Å². The zero-order valence-corrected chi connectivity index (χ0v) is 12.8. The Labute approximate surface area is 137 Å². The lowest BCUT2D eigenvalue weighted by atomic mass is 10.0. The van der Waals surface area contributed by atoms with Crippen molar-refractivity contribution in [2.75, 3.05) is 26.4 Å². The molecule has 0 saturated heterocycles. The molecule has 0 aliphatic carbocycles. The minimum atomic E-state index is -1.67. The summed E-state index contributed by atoms with van der Waals surface area (Å²) in [5.41, 5.74) is 0. The highest BCUT2D eigenvalue weighted by molar-refractivity contribution is 4.80. The fourth-order valence-corrected chi connectivity index (χ4v) is 1.34. The van der Waals surface area contributed by atoms with Crippen molar-refractivity contribution in [3.63, 3.8) is 0 Å². The molecule has 0 spiro atoms. The average Bonchev–Trinajstić information content (AvgIpc) is 2.62. The molecule has 0 bridgehead atoms. The number of aliphatic hydroxyl groups is 12. The summed E-state index contributed by atoms with van der Waals surface area (Å²) in [5.74, 6) is 0. The summed E-state index contributed by atoms with van der Waals surface area (Å²) in [5, 5.41) is 104. The van der Waals surface area contributed by atoms with E-state index in [-0.39, 0.29) is 0 Å². The van der Waals surface area contributed by atoms with Crippen LogP contribution < -0.4 is 0 Å². The van der Waals surface area contributed by atoms with Crippen LogP contribution in [0.2, 0.25) is 0 Å². The molecule has 148 valence electrons. The first-order valence-electron chi connectivity index (χ1n) is 6.96. The molecule has 0 heterocycles. The predicted octanol–water partition coefficient (Wildman–Crippen LogP) is -7.17. The van der Waals surface area contributed by atoms with Gasteiger partial charge in [-0.3, -0.25) is 0 Å². The van der Waals surface area contributed by atoms with E-state index in [9.17, 15) is 0 Å². The van der Waals surface area contributed by atoms with E-state index in [4.69, 9.17) is 61.3 Å². The number of aliphatic hydroxyl groups excluding tert-OH is 12. The van der Waals surface area contributed by atoms with Crippen molar-refractivity contribution >= 4 is 0 Å². The van der Waals surface area contributed by atoms with E-state index in [0.717, 1.165) is 0 Å². The molecule has 0 radical (unpaired) electrons. The lowest BCUT2D eigenvalue weighted by Gasteiger charge is -2.24. The number of hydrogen-bond acceptors (Lipinski definition) is 12. The van der Waals surface area contributed by atoms with Crippen LogP contribution in [-0.2, 0) is 0 Å². The smallest absolute Gasteiger partial charge is 0.111 e. The van der Waals surface area contributed by atoms with Crippen LogP contribution in [0.1, 0.15) is 0 Å². The zero-order valence-electron chi connectivity index (χ0n) is 12.8. The van der Waals surface area contributed by atoms with Gasteiger partial charge >= 0.3 is 0 Å². The van der Waals surface area contributed by atoms with Gasteiger partial charge in [-0.05, 0) is 0 Å². The predicted molar refractivity (Wildman–Crippen MR) is 76.4 cm³/mol. The first kappa shape index (κ1) is 25.8. The Bertz CT molecular complexity index is 237. The van der Waals surface area contributed by atoms with Crippen molar-refractivity contribution in [1.29, 1.82) is 0 Å². The van der Waals surface area contributed by atoms with E-state index in [2.05, 4.69) is 0 Å². The van der Waals surface area contributed by atoms with Gasteiger partial charge in [0.05, 0.1) is 26.4 Å². The maximum atomic E-state index is 8.96. The second-order valence-electron chi connectivity index (χ2n) is 4.96. The van der Waals surface area contributed by atoms with Gasteiger partial charge in [-0.1, -0.05) is 0 Å². The van der Waals surface area contributed by atoms with Gasteiger partial charge in [-0.15, -0.1) is 0 Å². The third-order valence-corrected chi connectivity index (χ3v) is 3.02. The van der Waals surface area contributed by atoms with Gasteiger partial charge in [0.2, 0.25) is 0 Å². The molecule has 0 aliphatic rings. The molecule has 24 heavy (non-hydrogen) atoms. The third-order valence-electron chi connectivity index (χ3n) is 3.02. The molecular formula is C12H28O12. The average molecular weight is 364 g/mol. The van der Waals surface area contributed by atoms with Crippen LogP contribution in [0.15, 0.2) is 0 Å². The van der Waals surface area contributed by atoms with E-state index < -0.39 is 75.3 Å². The molecule has 0 aromatic carbocycles. The van der Waals surface area contributed by atoms with Crippen LogP contribution in [-0.4, -0.2) is 137 Å². The Morgan fingerprint density at radius 3 is 0.542 bits per heavy atom. The molecule has 12 heteroatoms.